The molecule has 2 heterocycles. The number of likely N-dealkylation sites (tertiary alicyclic amines) is 1. The Morgan fingerprint density at radius 1 is 1.23 bits per heavy atom. The zero-order valence-electron chi connectivity index (χ0n) is 15.4. The van der Waals surface area contributed by atoms with Gasteiger partial charge in [-0.1, -0.05) is 12.1 Å². The average molecular weight is 375 g/mol. The van der Waals surface area contributed by atoms with Gasteiger partial charge in [-0.05, 0) is 43.0 Å². The number of nitrogens with zero attached hydrogens (tertiary/aromatic N) is 1. The SMILES string of the molecule is CCOc1ccccc1OC1CCN(C(=O)NCc2sccc2C)CC1. The number of hydrogen-bond donors (Lipinski definition) is 1. The van der Waals surface area contributed by atoms with Crippen LogP contribution in [0.4, 0.5) is 4.79 Å². The highest BCUT2D eigenvalue weighted by Gasteiger charge is 2.24. The quantitative estimate of drug-likeness (QED) is 0.824. The number of urea groups is 1. The highest BCUT2D eigenvalue weighted by atomic mass is 32.1. The largest absolute Gasteiger partial charge is 0.490 e. The van der Waals surface area contributed by atoms with Gasteiger partial charge in [0.1, 0.15) is 6.10 Å². The number of carbonyl (C=O) groups excluding carboxylic acids is 1. The molecule has 1 aromatic heterocycles. The van der Waals surface area contributed by atoms with E-state index in [1.54, 1.807) is 11.3 Å². The molecule has 0 aliphatic carbocycles. The van der Waals surface area contributed by atoms with Gasteiger partial charge < -0.3 is 19.7 Å². The third-order valence-electron chi connectivity index (χ3n) is 4.54. The first-order valence-electron chi connectivity index (χ1n) is 9.11. The van der Waals surface area contributed by atoms with Gasteiger partial charge in [-0.2, -0.15) is 0 Å². The van der Waals surface area contributed by atoms with Crippen LogP contribution in [0.5, 0.6) is 11.5 Å². The molecule has 0 spiro atoms. The maximum Gasteiger partial charge on any atom is 0.317 e. The molecule has 0 bridgehead atoms. The first-order chi connectivity index (χ1) is 12.7. The summed E-state index contributed by atoms with van der Waals surface area (Å²) < 4.78 is 11.7. The van der Waals surface area contributed by atoms with Gasteiger partial charge in [0, 0.05) is 30.8 Å². The van der Waals surface area contributed by atoms with E-state index in [1.165, 1.54) is 10.4 Å². The summed E-state index contributed by atoms with van der Waals surface area (Å²) in [6.07, 6.45) is 1.76. The van der Waals surface area contributed by atoms with E-state index >= 15 is 0 Å². The topological polar surface area (TPSA) is 50.8 Å². The number of carbonyl (C=O) groups is 1. The molecule has 0 unspecified atom stereocenters. The van der Waals surface area contributed by atoms with E-state index in [1.807, 2.05) is 36.1 Å². The molecule has 1 aromatic carbocycles. The second-order valence-electron chi connectivity index (χ2n) is 6.37. The fourth-order valence-electron chi connectivity index (χ4n) is 3.03. The summed E-state index contributed by atoms with van der Waals surface area (Å²) in [7, 11) is 0. The number of nitrogens with one attached hydrogen (secondary N) is 1. The summed E-state index contributed by atoms with van der Waals surface area (Å²) in [6.45, 7) is 6.66. The number of piperidine rings is 1. The Hall–Kier alpha value is -2.21. The Morgan fingerprint density at radius 2 is 1.96 bits per heavy atom. The van der Waals surface area contributed by atoms with Gasteiger partial charge in [-0.3, -0.25) is 0 Å². The van der Waals surface area contributed by atoms with Crippen LogP contribution >= 0.6 is 11.3 Å². The minimum atomic E-state index is 0.00552. The van der Waals surface area contributed by atoms with E-state index in [0.717, 1.165) is 24.3 Å². The molecule has 1 fully saturated rings. The van der Waals surface area contributed by atoms with Crippen LogP contribution in [0.25, 0.3) is 0 Å². The van der Waals surface area contributed by atoms with Gasteiger partial charge in [-0.25, -0.2) is 4.79 Å². The number of ether oxygens (including phenoxy) is 2. The molecule has 6 heteroatoms. The van der Waals surface area contributed by atoms with Crippen LogP contribution in [-0.4, -0.2) is 36.7 Å². The van der Waals surface area contributed by atoms with Gasteiger partial charge in [-0.15, -0.1) is 11.3 Å². The number of amides is 2. The smallest absolute Gasteiger partial charge is 0.317 e. The summed E-state index contributed by atoms with van der Waals surface area (Å²) in [5, 5.41) is 5.08. The van der Waals surface area contributed by atoms with Crippen molar-refractivity contribution in [1.82, 2.24) is 10.2 Å². The fraction of sp³-hybridized carbons (Fsp3) is 0.450. The molecule has 3 rings (SSSR count). The van der Waals surface area contributed by atoms with Crippen LogP contribution in [0.2, 0.25) is 0 Å². The third kappa shape index (κ3) is 4.69. The second-order valence-corrected chi connectivity index (χ2v) is 7.37. The summed E-state index contributed by atoms with van der Waals surface area (Å²) in [6, 6.07) is 9.84. The monoisotopic (exact) mass is 374 g/mol. The van der Waals surface area contributed by atoms with Crippen molar-refractivity contribution in [2.75, 3.05) is 19.7 Å². The Morgan fingerprint density at radius 3 is 2.62 bits per heavy atom. The molecule has 140 valence electrons. The van der Waals surface area contributed by atoms with E-state index < -0.39 is 0 Å². The summed E-state index contributed by atoms with van der Waals surface area (Å²) in [5.41, 5.74) is 1.23. The minimum Gasteiger partial charge on any atom is -0.490 e. The van der Waals surface area contributed by atoms with Crippen LogP contribution in [-0.2, 0) is 6.54 Å². The number of hydrogen-bond acceptors (Lipinski definition) is 4. The minimum absolute atomic E-state index is 0.00552. The Bertz CT molecular complexity index is 723. The molecule has 0 atom stereocenters. The molecule has 1 saturated heterocycles. The number of aryl methyl sites for hydroxylation is 1. The molecule has 0 saturated carbocycles. The molecule has 1 aliphatic heterocycles. The molecular formula is C20H26N2O3S. The fourth-order valence-corrected chi connectivity index (χ4v) is 3.88. The van der Waals surface area contributed by atoms with Crippen LogP contribution < -0.4 is 14.8 Å². The number of para-hydroxylation sites is 2. The van der Waals surface area contributed by atoms with Crippen LogP contribution in [0.1, 0.15) is 30.2 Å². The van der Waals surface area contributed by atoms with E-state index in [0.29, 0.717) is 26.2 Å². The van der Waals surface area contributed by atoms with E-state index in [-0.39, 0.29) is 12.1 Å². The van der Waals surface area contributed by atoms with Gasteiger partial charge >= 0.3 is 6.03 Å². The Labute approximate surface area is 158 Å². The summed E-state index contributed by atoms with van der Waals surface area (Å²) in [4.78, 5) is 15.5. The summed E-state index contributed by atoms with van der Waals surface area (Å²) in [5.74, 6) is 1.56. The number of benzene rings is 1. The predicted molar refractivity (Wildman–Crippen MR) is 104 cm³/mol. The standard InChI is InChI=1S/C20H26N2O3S/c1-3-24-17-6-4-5-7-18(17)25-16-8-11-22(12-9-16)20(23)21-14-19-15(2)10-13-26-19/h4-7,10,13,16H,3,8-9,11-12,14H2,1-2H3,(H,21,23). The van der Waals surface area contributed by atoms with Crippen molar-refractivity contribution in [3.8, 4) is 11.5 Å². The number of rotatable bonds is 6. The zero-order chi connectivity index (χ0) is 18.4. The zero-order valence-corrected chi connectivity index (χ0v) is 16.2. The molecule has 0 radical (unpaired) electrons. The maximum absolute atomic E-state index is 12.4. The van der Waals surface area contributed by atoms with Gasteiger partial charge in [0.2, 0.25) is 0 Å². The van der Waals surface area contributed by atoms with Crippen LogP contribution in [0, 0.1) is 6.92 Å². The van der Waals surface area contributed by atoms with Crippen LogP contribution in [0.3, 0.4) is 0 Å². The molecular weight excluding hydrogens is 348 g/mol. The van der Waals surface area contributed by atoms with Gasteiger partial charge in [0.25, 0.3) is 0 Å². The molecule has 2 amide bonds. The maximum atomic E-state index is 12.4. The molecule has 5 nitrogen and oxygen atoms in total. The van der Waals surface area contributed by atoms with Gasteiger partial charge in [0.05, 0.1) is 13.2 Å². The molecule has 2 aromatic rings. The Balaban J connectivity index is 1.47. The lowest BCUT2D eigenvalue weighted by Gasteiger charge is -2.32. The predicted octanol–water partition coefficient (Wildman–Crippen LogP) is 4.21. The van der Waals surface area contributed by atoms with Crippen molar-refractivity contribution < 1.29 is 14.3 Å². The van der Waals surface area contributed by atoms with Gasteiger partial charge in [0.15, 0.2) is 11.5 Å². The first kappa shape index (κ1) is 18.6. The number of thiophene rings is 1. The summed E-state index contributed by atoms with van der Waals surface area (Å²) >= 11 is 1.68. The van der Waals surface area contributed by atoms with Crippen molar-refractivity contribution in [2.24, 2.45) is 0 Å². The van der Waals surface area contributed by atoms with Crippen molar-refractivity contribution in [1.29, 1.82) is 0 Å². The van der Waals surface area contributed by atoms with Crippen LogP contribution in [0.15, 0.2) is 35.7 Å². The highest BCUT2D eigenvalue weighted by Crippen LogP contribution is 2.29. The lowest BCUT2D eigenvalue weighted by Crippen LogP contribution is -2.46. The van der Waals surface area contributed by atoms with E-state index in [9.17, 15) is 4.79 Å². The normalized spacial score (nSPS) is 14.9. The van der Waals surface area contributed by atoms with Crippen molar-refractivity contribution in [3.63, 3.8) is 0 Å². The molecule has 1 aliphatic rings. The highest BCUT2D eigenvalue weighted by molar-refractivity contribution is 7.10. The van der Waals surface area contributed by atoms with E-state index in [4.69, 9.17) is 9.47 Å². The molecule has 26 heavy (non-hydrogen) atoms. The lowest BCUT2D eigenvalue weighted by atomic mass is 10.1. The van der Waals surface area contributed by atoms with Crippen molar-refractivity contribution in [2.45, 2.75) is 39.3 Å². The van der Waals surface area contributed by atoms with Crippen molar-refractivity contribution in [3.05, 3.63) is 46.2 Å². The second kappa shape index (κ2) is 8.94. The molecule has 1 N–H and O–H groups in total. The van der Waals surface area contributed by atoms with E-state index in [2.05, 4.69) is 23.7 Å². The Kier molecular flexibility index (Phi) is 6.39. The first-order valence-corrected chi connectivity index (χ1v) is 9.99. The third-order valence-corrected chi connectivity index (χ3v) is 5.56. The van der Waals surface area contributed by atoms with Crippen molar-refractivity contribution >= 4 is 17.4 Å². The average Bonchev–Trinajstić information content (AvgIpc) is 3.07. The lowest BCUT2D eigenvalue weighted by molar-refractivity contribution is 0.107.